The molecule has 0 unspecified atom stereocenters. The van der Waals surface area contributed by atoms with Gasteiger partial charge in [0.25, 0.3) is 0 Å². The van der Waals surface area contributed by atoms with Crippen LogP contribution in [0.5, 0.6) is 5.75 Å². The Morgan fingerprint density at radius 2 is 1.76 bits per heavy atom. The number of nitrogens with zero attached hydrogens (tertiary/aromatic N) is 1. The van der Waals surface area contributed by atoms with Gasteiger partial charge >= 0.3 is 6.09 Å². The Morgan fingerprint density at radius 1 is 1.06 bits per heavy atom. The smallest absolute Gasteiger partial charge is 0.407 e. The molecule has 8 heteroatoms. The summed E-state index contributed by atoms with van der Waals surface area (Å²) in [6.45, 7) is 10.2. The van der Waals surface area contributed by atoms with E-state index in [4.69, 9.17) is 9.47 Å². The fraction of sp³-hybridized carbons (Fsp3) is 0.640. The number of rotatable bonds is 10. The van der Waals surface area contributed by atoms with Crippen LogP contribution in [0.3, 0.4) is 0 Å². The SMILES string of the molecule is Cc1ccccc1OCCCC(=O)NCC1CCN(C(=O)CCNC(=O)OC(C)(C)C)CC1. The van der Waals surface area contributed by atoms with E-state index in [2.05, 4.69) is 10.6 Å². The molecule has 0 saturated carbocycles. The molecule has 0 aromatic heterocycles. The van der Waals surface area contributed by atoms with Gasteiger partial charge in [0.05, 0.1) is 6.61 Å². The maximum absolute atomic E-state index is 12.4. The molecule has 0 bridgehead atoms. The summed E-state index contributed by atoms with van der Waals surface area (Å²) in [5.74, 6) is 1.30. The minimum Gasteiger partial charge on any atom is -0.493 e. The first-order valence-corrected chi connectivity index (χ1v) is 11.8. The quantitative estimate of drug-likeness (QED) is 0.521. The second-order valence-corrected chi connectivity index (χ2v) is 9.52. The Bertz CT molecular complexity index is 782. The van der Waals surface area contributed by atoms with Crippen LogP contribution in [0.15, 0.2) is 24.3 Å². The summed E-state index contributed by atoms with van der Waals surface area (Å²) in [6, 6.07) is 7.85. The highest BCUT2D eigenvalue weighted by atomic mass is 16.6. The molecule has 184 valence electrons. The number of amides is 3. The van der Waals surface area contributed by atoms with Crippen LogP contribution < -0.4 is 15.4 Å². The first kappa shape index (κ1) is 26.5. The normalized spacial score (nSPS) is 14.5. The summed E-state index contributed by atoms with van der Waals surface area (Å²) in [5, 5.41) is 5.63. The van der Waals surface area contributed by atoms with Gasteiger partial charge in [0.1, 0.15) is 11.4 Å². The van der Waals surface area contributed by atoms with Crippen LogP contribution in [-0.4, -0.2) is 61.2 Å². The van der Waals surface area contributed by atoms with Gasteiger partial charge in [-0.1, -0.05) is 18.2 Å². The van der Waals surface area contributed by atoms with E-state index in [0.717, 1.165) is 24.2 Å². The number of likely N-dealkylation sites (tertiary alicyclic amines) is 1. The standard InChI is InChI=1S/C25H39N3O5/c1-19-8-5-6-9-21(19)32-17-7-10-22(29)27-18-20-12-15-28(16-13-20)23(30)11-14-26-24(31)33-25(2,3)4/h5-6,8-9,20H,7,10-18H2,1-4H3,(H,26,31)(H,27,29). The Hall–Kier alpha value is -2.77. The van der Waals surface area contributed by atoms with E-state index in [0.29, 0.717) is 45.0 Å². The van der Waals surface area contributed by atoms with E-state index in [1.807, 2.05) is 36.1 Å². The van der Waals surface area contributed by atoms with Gasteiger partial charge in [0.15, 0.2) is 0 Å². The number of carbonyl (C=O) groups excluding carboxylic acids is 3. The van der Waals surface area contributed by atoms with E-state index in [-0.39, 0.29) is 24.8 Å². The number of piperidine rings is 1. The summed E-state index contributed by atoms with van der Waals surface area (Å²) >= 11 is 0. The fourth-order valence-electron chi connectivity index (χ4n) is 3.61. The molecule has 3 amide bonds. The number of aryl methyl sites for hydroxylation is 1. The molecular weight excluding hydrogens is 422 g/mol. The number of benzene rings is 1. The maximum Gasteiger partial charge on any atom is 0.407 e. The molecule has 0 spiro atoms. The van der Waals surface area contributed by atoms with E-state index in [1.165, 1.54) is 0 Å². The molecule has 8 nitrogen and oxygen atoms in total. The zero-order valence-electron chi connectivity index (χ0n) is 20.4. The number of nitrogens with one attached hydrogen (secondary N) is 2. The van der Waals surface area contributed by atoms with Gasteiger partial charge in [-0.25, -0.2) is 4.79 Å². The van der Waals surface area contributed by atoms with Gasteiger partial charge in [-0.3, -0.25) is 9.59 Å². The summed E-state index contributed by atoms with van der Waals surface area (Å²) in [7, 11) is 0. The van der Waals surface area contributed by atoms with Crippen LogP contribution in [0.2, 0.25) is 0 Å². The molecule has 1 heterocycles. The van der Waals surface area contributed by atoms with Crippen molar-refractivity contribution in [2.45, 2.75) is 65.4 Å². The monoisotopic (exact) mass is 461 g/mol. The molecule has 1 aliphatic rings. The van der Waals surface area contributed by atoms with Crippen LogP contribution in [0.4, 0.5) is 4.79 Å². The fourth-order valence-corrected chi connectivity index (χ4v) is 3.61. The minimum absolute atomic E-state index is 0.0298. The molecule has 0 atom stereocenters. The predicted molar refractivity (Wildman–Crippen MR) is 127 cm³/mol. The van der Waals surface area contributed by atoms with Crippen LogP contribution >= 0.6 is 0 Å². The van der Waals surface area contributed by atoms with Crippen molar-refractivity contribution < 1.29 is 23.9 Å². The third-order valence-corrected chi connectivity index (χ3v) is 5.46. The highest BCUT2D eigenvalue weighted by molar-refractivity contribution is 5.77. The van der Waals surface area contributed by atoms with Crippen LogP contribution in [0.25, 0.3) is 0 Å². The number of ether oxygens (including phenoxy) is 2. The van der Waals surface area contributed by atoms with Crippen molar-refractivity contribution in [3.8, 4) is 5.75 Å². The lowest BCUT2D eigenvalue weighted by Gasteiger charge is -2.32. The molecule has 33 heavy (non-hydrogen) atoms. The number of carbonyl (C=O) groups is 3. The van der Waals surface area contributed by atoms with Crippen LogP contribution in [0.1, 0.15) is 58.4 Å². The van der Waals surface area contributed by atoms with Crippen molar-refractivity contribution in [1.82, 2.24) is 15.5 Å². The Balaban J connectivity index is 1.53. The highest BCUT2D eigenvalue weighted by Gasteiger charge is 2.23. The zero-order chi connectivity index (χ0) is 24.3. The van der Waals surface area contributed by atoms with E-state index in [1.54, 1.807) is 20.8 Å². The molecule has 1 fully saturated rings. The van der Waals surface area contributed by atoms with Gasteiger partial charge in [0.2, 0.25) is 11.8 Å². The van der Waals surface area contributed by atoms with Gasteiger partial charge in [-0.15, -0.1) is 0 Å². The van der Waals surface area contributed by atoms with E-state index < -0.39 is 11.7 Å². The van der Waals surface area contributed by atoms with Crippen molar-refractivity contribution >= 4 is 17.9 Å². The average molecular weight is 462 g/mol. The van der Waals surface area contributed by atoms with Gasteiger partial charge < -0.3 is 25.0 Å². The summed E-state index contributed by atoms with van der Waals surface area (Å²) < 4.78 is 10.9. The van der Waals surface area contributed by atoms with Gasteiger partial charge in [0, 0.05) is 39.0 Å². The molecule has 2 rings (SSSR count). The molecule has 0 aliphatic carbocycles. The predicted octanol–water partition coefficient (Wildman–Crippen LogP) is 3.42. The number of alkyl carbamates (subject to hydrolysis) is 1. The van der Waals surface area contributed by atoms with E-state index in [9.17, 15) is 14.4 Å². The van der Waals surface area contributed by atoms with Crippen molar-refractivity contribution in [1.29, 1.82) is 0 Å². The molecule has 2 N–H and O–H groups in total. The molecule has 0 radical (unpaired) electrons. The largest absolute Gasteiger partial charge is 0.493 e. The minimum atomic E-state index is -0.555. The van der Waals surface area contributed by atoms with E-state index >= 15 is 0 Å². The highest BCUT2D eigenvalue weighted by Crippen LogP contribution is 2.18. The molecule has 1 aromatic rings. The van der Waals surface area contributed by atoms with Gasteiger partial charge in [-0.05, 0) is 64.5 Å². The lowest BCUT2D eigenvalue weighted by atomic mass is 9.96. The second kappa shape index (κ2) is 13.1. The Morgan fingerprint density at radius 3 is 2.42 bits per heavy atom. The van der Waals surface area contributed by atoms with Crippen molar-refractivity contribution in [2.75, 3.05) is 32.8 Å². The summed E-state index contributed by atoms with van der Waals surface area (Å²) in [5.41, 5.74) is 0.534. The van der Waals surface area contributed by atoms with Crippen LogP contribution in [0, 0.1) is 12.8 Å². The van der Waals surface area contributed by atoms with Gasteiger partial charge in [-0.2, -0.15) is 0 Å². The third kappa shape index (κ3) is 10.6. The first-order valence-electron chi connectivity index (χ1n) is 11.8. The molecule has 1 aliphatic heterocycles. The molecular formula is C25H39N3O5. The third-order valence-electron chi connectivity index (χ3n) is 5.46. The van der Waals surface area contributed by atoms with Crippen molar-refractivity contribution in [3.05, 3.63) is 29.8 Å². The maximum atomic E-state index is 12.4. The number of para-hydroxylation sites is 1. The first-order chi connectivity index (χ1) is 15.6. The number of hydrogen-bond donors (Lipinski definition) is 2. The average Bonchev–Trinajstić information content (AvgIpc) is 2.75. The van der Waals surface area contributed by atoms with Crippen molar-refractivity contribution in [2.24, 2.45) is 5.92 Å². The summed E-state index contributed by atoms with van der Waals surface area (Å²) in [4.78, 5) is 38.0. The zero-order valence-corrected chi connectivity index (χ0v) is 20.4. The molecule has 1 saturated heterocycles. The van der Waals surface area contributed by atoms with Crippen LogP contribution in [-0.2, 0) is 14.3 Å². The van der Waals surface area contributed by atoms with Crippen molar-refractivity contribution in [3.63, 3.8) is 0 Å². The lowest BCUT2D eigenvalue weighted by Crippen LogP contribution is -2.42. The second-order valence-electron chi connectivity index (χ2n) is 9.52. The summed E-state index contributed by atoms with van der Waals surface area (Å²) in [6.07, 6.45) is 2.58. The number of hydrogen-bond acceptors (Lipinski definition) is 5. The Kier molecular flexibility index (Phi) is 10.5. The topological polar surface area (TPSA) is 97.0 Å². The molecule has 1 aromatic carbocycles. The lowest BCUT2D eigenvalue weighted by molar-refractivity contribution is -0.132. The Labute approximate surface area is 197 Å².